The van der Waals surface area contributed by atoms with Crippen LogP contribution >= 0.6 is 11.6 Å². The molecule has 2 rings (SSSR count). The summed E-state index contributed by atoms with van der Waals surface area (Å²) in [6.07, 6.45) is 1.58. The maximum atomic E-state index is 8.89. The van der Waals surface area contributed by atoms with E-state index in [4.69, 9.17) is 26.0 Å². The molecule has 3 nitrogen and oxygen atoms in total. The van der Waals surface area contributed by atoms with E-state index in [1.165, 1.54) is 0 Å². The molecule has 0 N–H and O–H groups in total. The Morgan fingerprint density at radius 2 is 2.25 bits per heavy atom. The van der Waals surface area contributed by atoms with E-state index in [2.05, 4.69) is 0 Å². The van der Waals surface area contributed by atoms with Crippen molar-refractivity contribution >= 4 is 11.6 Å². The number of hydrogen-bond donors (Lipinski definition) is 0. The van der Waals surface area contributed by atoms with E-state index in [0.717, 1.165) is 0 Å². The molecule has 0 fully saturated rings. The Labute approximate surface area is 97.8 Å². The van der Waals surface area contributed by atoms with Crippen LogP contribution in [0.1, 0.15) is 11.3 Å². The van der Waals surface area contributed by atoms with Crippen molar-refractivity contribution in [2.24, 2.45) is 0 Å². The zero-order valence-electron chi connectivity index (χ0n) is 8.31. The number of ether oxygens (including phenoxy) is 1. The van der Waals surface area contributed by atoms with Crippen LogP contribution in [0.2, 0.25) is 5.02 Å². The van der Waals surface area contributed by atoms with Crippen LogP contribution in [0.15, 0.2) is 41.0 Å². The number of hydrogen-bond acceptors (Lipinski definition) is 3. The number of benzene rings is 1. The van der Waals surface area contributed by atoms with Gasteiger partial charge in [0, 0.05) is 5.02 Å². The van der Waals surface area contributed by atoms with Crippen LogP contribution in [0.5, 0.6) is 5.75 Å². The fourth-order valence-corrected chi connectivity index (χ4v) is 1.43. The molecule has 0 saturated heterocycles. The van der Waals surface area contributed by atoms with E-state index in [9.17, 15) is 0 Å². The molecule has 0 spiro atoms. The Hall–Kier alpha value is -1.92. The monoisotopic (exact) mass is 233 g/mol. The molecule has 0 saturated carbocycles. The summed E-state index contributed by atoms with van der Waals surface area (Å²) in [6, 6.07) is 10.5. The van der Waals surface area contributed by atoms with Gasteiger partial charge in [0.15, 0.2) is 0 Å². The van der Waals surface area contributed by atoms with Crippen molar-refractivity contribution < 1.29 is 9.15 Å². The minimum absolute atomic E-state index is 0.295. The highest BCUT2D eigenvalue weighted by atomic mass is 35.5. The van der Waals surface area contributed by atoms with Crippen molar-refractivity contribution in [3.05, 3.63) is 52.9 Å². The Morgan fingerprint density at radius 1 is 1.38 bits per heavy atom. The fraction of sp³-hybridized carbons (Fsp3) is 0.0833. The van der Waals surface area contributed by atoms with Gasteiger partial charge in [0.2, 0.25) is 0 Å². The van der Waals surface area contributed by atoms with Crippen LogP contribution in [-0.4, -0.2) is 0 Å². The van der Waals surface area contributed by atoms with Crippen LogP contribution in [0.3, 0.4) is 0 Å². The van der Waals surface area contributed by atoms with Gasteiger partial charge in [0.05, 0.1) is 11.8 Å². The van der Waals surface area contributed by atoms with Gasteiger partial charge in [-0.05, 0) is 30.3 Å². The van der Waals surface area contributed by atoms with Gasteiger partial charge in [-0.25, -0.2) is 0 Å². The van der Waals surface area contributed by atoms with E-state index in [1.54, 1.807) is 30.5 Å². The molecular weight excluding hydrogens is 226 g/mol. The summed E-state index contributed by atoms with van der Waals surface area (Å²) in [5.41, 5.74) is 0.416. The van der Waals surface area contributed by atoms with Gasteiger partial charge in [0.1, 0.15) is 24.2 Å². The van der Waals surface area contributed by atoms with E-state index in [1.807, 2.05) is 12.1 Å². The summed E-state index contributed by atoms with van der Waals surface area (Å²) in [5.74, 6) is 1.21. The summed E-state index contributed by atoms with van der Waals surface area (Å²) < 4.78 is 10.6. The maximum Gasteiger partial charge on any atom is 0.146 e. The van der Waals surface area contributed by atoms with E-state index in [-0.39, 0.29) is 0 Å². The largest absolute Gasteiger partial charge is 0.484 e. The number of rotatable bonds is 3. The molecule has 16 heavy (non-hydrogen) atoms. The van der Waals surface area contributed by atoms with Crippen LogP contribution < -0.4 is 4.74 Å². The molecule has 80 valence electrons. The molecule has 1 heterocycles. The molecule has 0 unspecified atom stereocenters. The minimum Gasteiger partial charge on any atom is -0.484 e. The molecular formula is C12H8ClNO2. The number of nitrogens with zero attached hydrogens (tertiary/aromatic N) is 1. The Balaban J connectivity index is 2.13. The molecule has 0 bridgehead atoms. The van der Waals surface area contributed by atoms with Crippen LogP contribution in [-0.2, 0) is 6.61 Å². The smallest absolute Gasteiger partial charge is 0.146 e. The first kappa shape index (κ1) is 10.6. The average Bonchev–Trinajstić information content (AvgIpc) is 2.80. The molecule has 1 aromatic heterocycles. The van der Waals surface area contributed by atoms with Crippen LogP contribution in [0, 0.1) is 11.3 Å². The van der Waals surface area contributed by atoms with Gasteiger partial charge in [-0.1, -0.05) is 11.6 Å². The summed E-state index contributed by atoms with van der Waals surface area (Å²) in [5, 5.41) is 9.40. The lowest BCUT2D eigenvalue weighted by Gasteiger charge is -2.05. The quantitative estimate of drug-likeness (QED) is 0.816. The van der Waals surface area contributed by atoms with E-state index in [0.29, 0.717) is 28.7 Å². The fourth-order valence-electron chi connectivity index (χ4n) is 1.26. The molecule has 0 aliphatic heterocycles. The summed E-state index contributed by atoms with van der Waals surface area (Å²) >= 11 is 5.77. The zero-order chi connectivity index (χ0) is 11.4. The second kappa shape index (κ2) is 4.73. The van der Waals surface area contributed by atoms with Crippen LogP contribution in [0.4, 0.5) is 0 Å². The summed E-state index contributed by atoms with van der Waals surface area (Å²) in [7, 11) is 0. The first-order valence-electron chi connectivity index (χ1n) is 4.64. The zero-order valence-corrected chi connectivity index (χ0v) is 9.07. The molecule has 0 aliphatic rings. The Kier molecular flexibility index (Phi) is 3.13. The third kappa shape index (κ3) is 2.36. The van der Waals surface area contributed by atoms with Crippen molar-refractivity contribution in [1.29, 1.82) is 5.26 Å². The second-order valence-electron chi connectivity index (χ2n) is 3.12. The number of halogens is 1. The molecule has 2 aromatic rings. The Bertz CT molecular complexity index is 514. The lowest BCUT2D eigenvalue weighted by atomic mass is 10.2. The highest BCUT2D eigenvalue weighted by Gasteiger charge is 2.05. The second-order valence-corrected chi connectivity index (χ2v) is 3.56. The first-order chi connectivity index (χ1) is 7.79. The minimum atomic E-state index is 0.295. The third-order valence-electron chi connectivity index (χ3n) is 2.01. The predicted octanol–water partition coefficient (Wildman–Crippen LogP) is 3.38. The lowest BCUT2D eigenvalue weighted by molar-refractivity contribution is 0.269. The van der Waals surface area contributed by atoms with Crippen molar-refractivity contribution in [3.63, 3.8) is 0 Å². The number of furan rings is 1. The predicted molar refractivity (Wildman–Crippen MR) is 59.2 cm³/mol. The van der Waals surface area contributed by atoms with Gasteiger partial charge in [-0.2, -0.15) is 5.26 Å². The third-order valence-corrected chi connectivity index (χ3v) is 2.25. The highest BCUT2D eigenvalue weighted by Crippen LogP contribution is 2.22. The molecule has 0 aliphatic carbocycles. The van der Waals surface area contributed by atoms with E-state index >= 15 is 0 Å². The first-order valence-corrected chi connectivity index (χ1v) is 5.02. The van der Waals surface area contributed by atoms with Gasteiger partial charge >= 0.3 is 0 Å². The van der Waals surface area contributed by atoms with Crippen molar-refractivity contribution in [2.45, 2.75) is 6.61 Å². The summed E-state index contributed by atoms with van der Waals surface area (Å²) in [4.78, 5) is 0. The molecule has 0 amide bonds. The van der Waals surface area contributed by atoms with Gasteiger partial charge in [-0.15, -0.1) is 0 Å². The van der Waals surface area contributed by atoms with Gasteiger partial charge in [0.25, 0.3) is 0 Å². The highest BCUT2D eigenvalue weighted by molar-refractivity contribution is 6.30. The van der Waals surface area contributed by atoms with Crippen molar-refractivity contribution in [3.8, 4) is 11.8 Å². The van der Waals surface area contributed by atoms with Gasteiger partial charge < -0.3 is 9.15 Å². The number of nitriles is 1. The standard InChI is InChI=1S/C12H8ClNO2/c13-10-3-4-12(9(6-10)7-14)16-8-11-2-1-5-15-11/h1-6H,8H2. The summed E-state index contributed by atoms with van der Waals surface area (Å²) in [6.45, 7) is 0.295. The Morgan fingerprint density at radius 3 is 2.94 bits per heavy atom. The molecule has 0 radical (unpaired) electrons. The molecule has 0 atom stereocenters. The maximum absolute atomic E-state index is 8.89. The lowest BCUT2D eigenvalue weighted by Crippen LogP contribution is -1.95. The molecule has 4 heteroatoms. The van der Waals surface area contributed by atoms with Crippen molar-refractivity contribution in [2.75, 3.05) is 0 Å². The van der Waals surface area contributed by atoms with Crippen LogP contribution in [0.25, 0.3) is 0 Å². The molecule has 1 aromatic carbocycles. The normalized spacial score (nSPS) is 9.75. The average molecular weight is 234 g/mol. The van der Waals surface area contributed by atoms with E-state index < -0.39 is 0 Å². The SMILES string of the molecule is N#Cc1cc(Cl)ccc1OCc1ccco1. The topological polar surface area (TPSA) is 46.2 Å². The van der Waals surface area contributed by atoms with Gasteiger partial charge in [-0.3, -0.25) is 0 Å². The van der Waals surface area contributed by atoms with Crippen molar-refractivity contribution in [1.82, 2.24) is 0 Å².